The summed E-state index contributed by atoms with van der Waals surface area (Å²) in [5.74, 6) is -1.56. The van der Waals surface area contributed by atoms with E-state index in [4.69, 9.17) is 9.47 Å². The quantitative estimate of drug-likeness (QED) is 0.376. The van der Waals surface area contributed by atoms with Crippen molar-refractivity contribution in [2.24, 2.45) is 0 Å². The molecule has 1 atom stereocenters. The molecule has 0 aliphatic rings. The minimum atomic E-state index is -1.35. The molecule has 8 heteroatoms. The van der Waals surface area contributed by atoms with E-state index in [1.807, 2.05) is 0 Å². The van der Waals surface area contributed by atoms with Crippen LogP contribution in [-0.4, -0.2) is 43.7 Å². The molecule has 1 unspecified atom stereocenters. The number of carbonyl (C=O) groups excluding carboxylic acids is 2. The Hall–Kier alpha value is -1.18. The summed E-state index contributed by atoms with van der Waals surface area (Å²) >= 11 is 0. The van der Waals surface area contributed by atoms with Crippen LogP contribution in [0.2, 0.25) is 0 Å². The predicted octanol–water partition coefficient (Wildman–Crippen LogP) is -1.43. The number of hydrogen-bond acceptors (Lipinski definition) is 5. The van der Waals surface area contributed by atoms with Crippen molar-refractivity contribution in [3.8, 4) is 5.75 Å². The van der Waals surface area contributed by atoms with Crippen molar-refractivity contribution < 1.29 is 57.3 Å². The van der Waals surface area contributed by atoms with E-state index in [0.29, 0.717) is 0 Å². The van der Waals surface area contributed by atoms with Gasteiger partial charge in [0, 0.05) is 13.7 Å². The number of methoxy groups -OCH3 is 1. The maximum Gasteiger partial charge on any atom is 2.00 e. The van der Waals surface area contributed by atoms with Gasteiger partial charge in [0.2, 0.25) is 0 Å². The molecule has 0 radical (unpaired) electrons. The first-order valence-electron chi connectivity index (χ1n) is 5.60. The molecule has 0 bridgehead atoms. The molecule has 1 aromatic rings. The number of amides is 1. The van der Waals surface area contributed by atoms with E-state index in [-0.39, 0.29) is 63.0 Å². The molecule has 7 nitrogen and oxygen atoms in total. The van der Waals surface area contributed by atoms with Crippen molar-refractivity contribution in [2.45, 2.75) is 6.10 Å². The number of nitrogens with one attached hydrogen (secondary N) is 1. The zero-order chi connectivity index (χ0) is 14.3. The first-order chi connectivity index (χ1) is 9.04. The van der Waals surface area contributed by atoms with Crippen molar-refractivity contribution in [3.63, 3.8) is 0 Å². The topological polar surface area (TPSA) is 119 Å². The SMILES string of the molecule is O.[CH2-]C(CNC(=O)c1ccccc1OCC(=O)[O-])OC.[Hg+2]. The van der Waals surface area contributed by atoms with Crippen molar-refractivity contribution in [1.29, 1.82) is 0 Å². The number of ether oxygens (including phenoxy) is 2. The molecular weight excluding hydrogens is 467 g/mol. The maximum atomic E-state index is 11.9. The van der Waals surface area contributed by atoms with Gasteiger partial charge in [-0.2, -0.15) is 0 Å². The molecule has 0 aromatic heterocycles. The summed E-state index contributed by atoms with van der Waals surface area (Å²) in [5.41, 5.74) is 0.243. The van der Waals surface area contributed by atoms with Crippen molar-refractivity contribution in [2.75, 3.05) is 20.3 Å². The van der Waals surface area contributed by atoms with Gasteiger partial charge in [0.15, 0.2) is 0 Å². The third kappa shape index (κ3) is 7.98. The zero-order valence-corrected chi connectivity index (χ0v) is 17.3. The molecule has 0 saturated carbocycles. The van der Waals surface area contributed by atoms with Crippen LogP contribution in [0.4, 0.5) is 0 Å². The number of carboxylic acid groups (broad SMARTS) is 1. The molecule has 0 heterocycles. The van der Waals surface area contributed by atoms with Gasteiger partial charge in [-0.05, 0) is 18.2 Å². The van der Waals surface area contributed by atoms with Crippen molar-refractivity contribution >= 4 is 11.9 Å². The summed E-state index contributed by atoms with van der Waals surface area (Å²) in [6.45, 7) is 3.28. The molecule has 1 aromatic carbocycles. The van der Waals surface area contributed by atoms with Crippen LogP contribution < -0.4 is 15.2 Å². The van der Waals surface area contributed by atoms with Crippen LogP contribution in [-0.2, 0) is 37.2 Å². The molecule has 0 aliphatic carbocycles. The second-order valence-corrected chi connectivity index (χ2v) is 3.72. The molecule has 0 fully saturated rings. The van der Waals surface area contributed by atoms with Crippen LogP contribution in [0.1, 0.15) is 10.4 Å². The van der Waals surface area contributed by atoms with Gasteiger partial charge in [-0.1, -0.05) is 12.1 Å². The van der Waals surface area contributed by atoms with Gasteiger partial charge in [-0.3, -0.25) is 4.79 Å². The number of benzene rings is 1. The second kappa shape index (κ2) is 11.5. The number of carboxylic acids is 1. The number of para-hydroxylation sites is 1. The average molecular weight is 484 g/mol. The fourth-order valence-electron chi connectivity index (χ4n) is 1.30. The molecule has 21 heavy (non-hydrogen) atoms. The Morgan fingerprint density at radius 3 is 2.57 bits per heavy atom. The van der Waals surface area contributed by atoms with E-state index < -0.39 is 12.6 Å². The summed E-state index contributed by atoms with van der Waals surface area (Å²) in [6, 6.07) is 6.33. The monoisotopic (exact) mass is 485 g/mol. The Morgan fingerprint density at radius 2 is 2.00 bits per heavy atom. The number of hydrogen-bond donors (Lipinski definition) is 1. The third-order valence-corrected chi connectivity index (χ3v) is 2.30. The Kier molecular flexibility index (Phi) is 12.1. The maximum absolute atomic E-state index is 11.9. The minimum Gasteiger partial charge on any atom is -0.546 e. The standard InChI is InChI=1S/C13H16NO5.Hg.H2O/c1-9(18-2)7-14-13(17)10-5-3-4-6-11(10)19-8-12(15)16;;/h3-6,9H,1,7-8H2,2H3,(H,14,17)(H,15,16);;1H2/q-1;+2;/p-1. The van der Waals surface area contributed by atoms with Crippen molar-refractivity contribution in [3.05, 3.63) is 36.8 Å². The van der Waals surface area contributed by atoms with Crippen LogP contribution in [0.5, 0.6) is 5.75 Å². The first kappa shape index (κ1) is 22.1. The molecule has 3 N–H and O–H groups in total. The fraction of sp³-hybridized carbons (Fsp3) is 0.308. The molecule has 112 valence electrons. The zero-order valence-electron chi connectivity index (χ0n) is 11.8. The third-order valence-electron chi connectivity index (χ3n) is 2.30. The van der Waals surface area contributed by atoms with Crippen LogP contribution in [0, 0.1) is 6.92 Å². The van der Waals surface area contributed by atoms with E-state index in [1.54, 1.807) is 12.1 Å². The number of aliphatic carboxylic acids is 1. The normalized spacial score (nSPS) is 10.6. The molecule has 1 amide bonds. The van der Waals surface area contributed by atoms with Crippen molar-refractivity contribution in [1.82, 2.24) is 5.32 Å². The Bertz CT molecular complexity index is 454. The van der Waals surface area contributed by atoms with Gasteiger partial charge in [0.05, 0.1) is 11.5 Å². The molecule has 0 aliphatic heterocycles. The van der Waals surface area contributed by atoms with Gasteiger partial charge in [-0.15, -0.1) is 0 Å². The van der Waals surface area contributed by atoms with E-state index in [0.717, 1.165) is 0 Å². The van der Waals surface area contributed by atoms with Gasteiger partial charge in [0.1, 0.15) is 12.4 Å². The summed E-state index contributed by atoms with van der Waals surface area (Å²) in [7, 11) is 1.49. The summed E-state index contributed by atoms with van der Waals surface area (Å²) < 4.78 is 9.89. The molecule has 0 spiro atoms. The Balaban J connectivity index is 0. The molecule has 1 rings (SSSR count). The van der Waals surface area contributed by atoms with Crippen LogP contribution in [0.3, 0.4) is 0 Å². The Morgan fingerprint density at radius 1 is 1.38 bits per heavy atom. The first-order valence-corrected chi connectivity index (χ1v) is 5.60. The summed E-state index contributed by atoms with van der Waals surface area (Å²) in [5, 5.41) is 13.0. The average Bonchev–Trinajstić information content (AvgIpc) is 2.42. The molecular formula is C13H17HgNO6. The van der Waals surface area contributed by atoms with E-state index >= 15 is 0 Å². The van der Waals surface area contributed by atoms with E-state index in [9.17, 15) is 14.7 Å². The van der Waals surface area contributed by atoms with Crippen LogP contribution in [0.25, 0.3) is 0 Å². The minimum absolute atomic E-state index is 0. The number of carbonyl (C=O) groups is 2. The summed E-state index contributed by atoms with van der Waals surface area (Å²) in [4.78, 5) is 22.2. The predicted molar refractivity (Wildman–Crippen MR) is 69.0 cm³/mol. The van der Waals surface area contributed by atoms with Gasteiger partial charge in [0.25, 0.3) is 5.91 Å². The van der Waals surface area contributed by atoms with Gasteiger partial charge in [-0.25, -0.2) is 0 Å². The largest absolute Gasteiger partial charge is 2.00 e. The smallest absolute Gasteiger partial charge is 0.546 e. The second-order valence-electron chi connectivity index (χ2n) is 3.72. The fourth-order valence-corrected chi connectivity index (χ4v) is 1.30. The summed E-state index contributed by atoms with van der Waals surface area (Å²) in [6.07, 6.45) is -0.361. The molecule has 0 saturated heterocycles. The Labute approximate surface area is 143 Å². The van der Waals surface area contributed by atoms with Crippen LogP contribution in [0.15, 0.2) is 24.3 Å². The van der Waals surface area contributed by atoms with Gasteiger partial charge < -0.3 is 37.1 Å². The van der Waals surface area contributed by atoms with Crippen LogP contribution >= 0.6 is 0 Å². The van der Waals surface area contributed by atoms with Gasteiger partial charge >= 0.3 is 27.7 Å². The van der Waals surface area contributed by atoms with E-state index in [1.165, 1.54) is 19.2 Å². The number of rotatable bonds is 7. The van der Waals surface area contributed by atoms with E-state index in [2.05, 4.69) is 12.2 Å².